The van der Waals surface area contributed by atoms with Gasteiger partial charge in [-0.1, -0.05) is 17.7 Å². The van der Waals surface area contributed by atoms with E-state index in [1.165, 1.54) is 0 Å². The first-order valence-corrected chi connectivity index (χ1v) is 8.26. The van der Waals surface area contributed by atoms with Crippen molar-refractivity contribution < 1.29 is 9.53 Å². The molecule has 1 aromatic heterocycles. The highest BCUT2D eigenvalue weighted by Crippen LogP contribution is 2.24. The molecule has 3 rings (SSSR count). The van der Waals surface area contributed by atoms with Crippen LogP contribution in [0.2, 0.25) is 5.02 Å². The lowest BCUT2D eigenvalue weighted by atomic mass is 10.2. The molecule has 0 radical (unpaired) electrons. The van der Waals surface area contributed by atoms with Crippen LogP contribution >= 0.6 is 11.6 Å². The second-order valence-electron chi connectivity index (χ2n) is 5.65. The molecule has 0 spiro atoms. The highest BCUT2D eigenvalue weighted by molar-refractivity contribution is 6.31. The van der Waals surface area contributed by atoms with Gasteiger partial charge in [0, 0.05) is 30.1 Å². The average molecular weight is 347 g/mol. The Labute approximate surface area is 145 Å². The van der Waals surface area contributed by atoms with Crippen molar-refractivity contribution in [1.29, 1.82) is 0 Å². The highest BCUT2D eigenvalue weighted by Gasteiger charge is 2.17. The van der Waals surface area contributed by atoms with Gasteiger partial charge >= 0.3 is 0 Å². The Morgan fingerprint density at radius 1 is 1.42 bits per heavy atom. The molecule has 1 aliphatic rings. The van der Waals surface area contributed by atoms with E-state index < -0.39 is 0 Å². The lowest BCUT2D eigenvalue weighted by Gasteiger charge is -2.12. The molecule has 2 N–H and O–H groups in total. The summed E-state index contributed by atoms with van der Waals surface area (Å²) in [6.07, 6.45) is 3.67. The Kier molecular flexibility index (Phi) is 5.27. The third kappa shape index (κ3) is 4.01. The third-order valence-electron chi connectivity index (χ3n) is 3.92. The van der Waals surface area contributed by atoms with Crippen LogP contribution in [0.4, 0.5) is 11.6 Å². The average Bonchev–Trinajstić information content (AvgIpc) is 3.11. The molecule has 1 fully saturated rings. The van der Waals surface area contributed by atoms with Crippen molar-refractivity contribution >= 4 is 29.1 Å². The third-order valence-corrected chi connectivity index (χ3v) is 4.33. The number of halogens is 1. The van der Waals surface area contributed by atoms with Crippen LogP contribution in [-0.4, -0.2) is 35.1 Å². The summed E-state index contributed by atoms with van der Waals surface area (Å²) in [5, 5.41) is 6.60. The zero-order valence-corrected chi connectivity index (χ0v) is 14.1. The molecule has 1 atom stereocenters. The molecular weight excluding hydrogens is 328 g/mol. The van der Waals surface area contributed by atoms with Gasteiger partial charge in [-0.3, -0.25) is 4.79 Å². The largest absolute Gasteiger partial charge is 0.376 e. The number of amides is 1. The molecule has 1 saturated heterocycles. The summed E-state index contributed by atoms with van der Waals surface area (Å²) in [5.74, 6) is 0.115. The fourth-order valence-corrected chi connectivity index (χ4v) is 2.69. The van der Waals surface area contributed by atoms with E-state index in [2.05, 4.69) is 20.6 Å². The minimum atomic E-state index is -0.237. The molecule has 0 bridgehead atoms. The predicted octanol–water partition coefficient (Wildman–Crippen LogP) is 3.09. The molecule has 7 heteroatoms. The SMILES string of the molecule is Cc1c(Cl)cccc1Nc1nccc(C(=O)NCC2CCCO2)n1. The van der Waals surface area contributed by atoms with Gasteiger partial charge in [0.2, 0.25) is 5.95 Å². The van der Waals surface area contributed by atoms with E-state index in [4.69, 9.17) is 16.3 Å². The molecule has 24 heavy (non-hydrogen) atoms. The maximum absolute atomic E-state index is 12.2. The molecule has 1 amide bonds. The van der Waals surface area contributed by atoms with Crippen molar-refractivity contribution in [3.05, 3.63) is 46.7 Å². The van der Waals surface area contributed by atoms with Crippen LogP contribution in [0, 0.1) is 6.92 Å². The van der Waals surface area contributed by atoms with Crippen LogP contribution in [0.5, 0.6) is 0 Å². The topological polar surface area (TPSA) is 76.1 Å². The van der Waals surface area contributed by atoms with Crippen LogP contribution in [0.15, 0.2) is 30.5 Å². The molecule has 1 unspecified atom stereocenters. The van der Waals surface area contributed by atoms with Gasteiger partial charge in [0.15, 0.2) is 0 Å². The van der Waals surface area contributed by atoms with Crippen molar-refractivity contribution in [2.24, 2.45) is 0 Å². The number of rotatable bonds is 5. The number of carbonyl (C=O) groups is 1. The van der Waals surface area contributed by atoms with Gasteiger partial charge in [-0.25, -0.2) is 9.97 Å². The maximum Gasteiger partial charge on any atom is 0.270 e. The number of aromatic nitrogens is 2. The number of anilines is 2. The highest BCUT2D eigenvalue weighted by atomic mass is 35.5. The van der Waals surface area contributed by atoms with E-state index in [9.17, 15) is 4.79 Å². The van der Waals surface area contributed by atoms with E-state index in [0.717, 1.165) is 30.7 Å². The van der Waals surface area contributed by atoms with Gasteiger partial charge < -0.3 is 15.4 Å². The predicted molar refractivity (Wildman–Crippen MR) is 92.8 cm³/mol. The Balaban J connectivity index is 1.67. The van der Waals surface area contributed by atoms with Gasteiger partial charge in [-0.15, -0.1) is 0 Å². The van der Waals surface area contributed by atoms with E-state index in [0.29, 0.717) is 23.2 Å². The first-order valence-electron chi connectivity index (χ1n) is 7.88. The van der Waals surface area contributed by atoms with Crippen LogP contribution in [-0.2, 0) is 4.74 Å². The van der Waals surface area contributed by atoms with Crippen LogP contribution in [0.1, 0.15) is 28.9 Å². The Bertz CT molecular complexity index is 732. The molecule has 1 aromatic carbocycles. The lowest BCUT2D eigenvalue weighted by Crippen LogP contribution is -2.32. The number of benzene rings is 1. The smallest absolute Gasteiger partial charge is 0.270 e. The number of nitrogens with zero attached hydrogens (tertiary/aromatic N) is 2. The van der Waals surface area contributed by atoms with E-state index >= 15 is 0 Å². The maximum atomic E-state index is 12.2. The van der Waals surface area contributed by atoms with Crippen molar-refractivity contribution in [3.8, 4) is 0 Å². The molecule has 2 heterocycles. The van der Waals surface area contributed by atoms with Gasteiger partial charge in [0.05, 0.1) is 6.10 Å². The molecule has 0 aliphatic carbocycles. The Morgan fingerprint density at radius 3 is 3.08 bits per heavy atom. The summed E-state index contributed by atoms with van der Waals surface area (Å²) in [6, 6.07) is 7.13. The summed E-state index contributed by atoms with van der Waals surface area (Å²) in [4.78, 5) is 20.6. The van der Waals surface area contributed by atoms with Crippen molar-refractivity contribution in [1.82, 2.24) is 15.3 Å². The quantitative estimate of drug-likeness (QED) is 0.870. The monoisotopic (exact) mass is 346 g/mol. The Morgan fingerprint density at radius 2 is 2.29 bits per heavy atom. The molecular formula is C17H19ClN4O2. The molecule has 2 aromatic rings. The summed E-state index contributed by atoms with van der Waals surface area (Å²) in [5.41, 5.74) is 2.01. The van der Waals surface area contributed by atoms with Gasteiger partial charge in [0.25, 0.3) is 5.91 Å². The summed E-state index contributed by atoms with van der Waals surface area (Å²) >= 11 is 6.11. The normalized spacial score (nSPS) is 16.8. The number of nitrogens with one attached hydrogen (secondary N) is 2. The minimum Gasteiger partial charge on any atom is -0.376 e. The van der Waals surface area contributed by atoms with Gasteiger partial charge in [-0.05, 0) is 43.5 Å². The van der Waals surface area contributed by atoms with E-state index in [1.54, 1.807) is 12.3 Å². The zero-order chi connectivity index (χ0) is 16.9. The van der Waals surface area contributed by atoms with Gasteiger partial charge in [0.1, 0.15) is 5.69 Å². The standard InChI is InChI=1S/C17H19ClN4O2/c1-11-13(18)5-2-6-14(11)21-17-19-8-7-15(22-17)16(23)20-10-12-4-3-9-24-12/h2,5-8,12H,3-4,9-10H2,1H3,(H,20,23)(H,19,21,22). The fraction of sp³-hybridized carbons (Fsp3) is 0.353. The van der Waals surface area contributed by atoms with E-state index in [-0.39, 0.29) is 12.0 Å². The first kappa shape index (κ1) is 16.7. The number of hydrogen-bond donors (Lipinski definition) is 2. The summed E-state index contributed by atoms with van der Waals surface area (Å²) in [6.45, 7) is 3.17. The van der Waals surface area contributed by atoms with Crippen LogP contribution in [0.25, 0.3) is 0 Å². The molecule has 126 valence electrons. The summed E-state index contributed by atoms with van der Waals surface area (Å²) < 4.78 is 5.49. The van der Waals surface area contributed by atoms with Crippen molar-refractivity contribution in [2.75, 3.05) is 18.5 Å². The first-order chi connectivity index (χ1) is 11.6. The van der Waals surface area contributed by atoms with Crippen LogP contribution in [0.3, 0.4) is 0 Å². The number of ether oxygens (including phenoxy) is 1. The van der Waals surface area contributed by atoms with E-state index in [1.807, 2.05) is 25.1 Å². The second kappa shape index (κ2) is 7.59. The number of carbonyl (C=O) groups excluding carboxylic acids is 1. The van der Waals surface area contributed by atoms with Gasteiger partial charge in [-0.2, -0.15) is 0 Å². The van der Waals surface area contributed by atoms with Crippen molar-refractivity contribution in [2.45, 2.75) is 25.9 Å². The Hall–Kier alpha value is -2.18. The fourth-order valence-electron chi connectivity index (χ4n) is 2.51. The minimum absolute atomic E-state index is 0.0995. The lowest BCUT2D eigenvalue weighted by molar-refractivity contribution is 0.0853. The van der Waals surface area contributed by atoms with Crippen molar-refractivity contribution in [3.63, 3.8) is 0 Å². The molecule has 0 saturated carbocycles. The summed E-state index contributed by atoms with van der Waals surface area (Å²) in [7, 11) is 0. The van der Waals surface area contributed by atoms with Crippen LogP contribution < -0.4 is 10.6 Å². The number of hydrogen-bond acceptors (Lipinski definition) is 5. The molecule has 1 aliphatic heterocycles. The molecule has 6 nitrogen and oxygen atoms in total. The zero-order valence-electron chi connectivity index (χ0n) is 13.4. The second-order valence-corrected chi connectivity index (χ2v) is 6.06.